The van der Waals surface area contributed by atoms with Crippen molar-refractivity contribution in [1.29, 1.82) is 0 Å². The van der Waals surface area contributed by atoms with Gasteiger partial charge in [0.2, 0.25) is 0 Å². The Morgan fingerprint density at radius 3 is 2.56 bits per heavy atom. The van der Waals surface area contributed by atoms with E-state index in [1.165, 1.54) is 0 Å². The van der Waals surface area contributed by atoms with E-state index in [2.05, 4.69) is 6.58 Å². The van der Waals surface area contributed by atoms with Crippen molar-refractivity contribution < 1.29 is 9.53 Å². The second-order valence-corrected chi connectivity index (χ2v) is 3.69. The van der Waals surface area contributed by atoms with Crippen molar-refractivity contribution in [2.45, 2.75) is 13.8 Å². The van der Waals surface area contributed by atoms with Gasteiger partial charge in [0.15, 0.2) is 5.78 Å². The van der Waals surface area contributed by atoms with Crippen molar-refractivity contribution in [3.63, 3.8) is 0 Å². The first kappa shape index (κ1) is 12.2. The van der Waals surface area contributed by atoms with Crippen LogP contribution in [0.3, 0.4) is 0 Å². The van der Waals surface area contributed by atoms with Crippen molar-refractivity contribution in [2.24, 2.45) is 0 Å². The Bertz CT molecular complexity index is 442. The van der Waals surface area contributed by atoms with Gasteiger partial charge >= 0.3 is 0 Å². The molecule has 0 unspecified atom stereocenters. The van der Waals surface area contributed by atoms with Crippen LogP contribution in [-0.2, 0) is 0 Å². The van der Waals surface area contributed by atoms with E-state index in [4.69, 9.17) is 4.74 Å². The van der Waals surface area contributed by atoms with Crippen LogP contribution in [0, 0.1) is 0 Å². The van der Waals surface area contributed by atoms with Crippen LogP contribution < -0.4 is 4.74 Å². The van der Waals surface area contributed by atoms with Crippen molar-refractivity contribution >= 4 is 11.9 Å². The zero-order chi connectivity index (χ0) is 12.1. The lowest BCUT2D eigenvalue weighted by atomic mass is 10.1. The maximum absolute atomic E-state index is 11.3. The highest BCUT2D eigenvalue weighted by Crippen LogP contribution is 2.22. The fourth-order valence-electron chi connectivity index (χ4n) is 1.32. The van der Waals surface area contributed by atoms with Gasteiger partial charge in [-0.3, -0.25) is 4.79 Å². The number of ketones is 1. The highest BCUT2D eigenvalue weighted by molar-refractivity contribution is 5.95. The van der Waals surface area contributed by atoms with E-state index in [0.29, 0.717) is 5.56 Å². The molecular weight excluding hydrogens is 200 g/mol. The molecule has 0 aliphatic carbocycles. The summed E-state index contributed by atoms with van der Waals surface area (Å²) in [6.45, 7) is 7.25. The summed E-state index contributed by atoms with van der Waals surface area (Å²) in [5.41, 5.74) is 2.52. The minimum absolute atomic E-state index is 0.0487. The summed E-state index contributed by atoms with van der Waals surface area (Å²) >= 11 is 0. The molecule has 0 aromatic heterocycles. The quantitative estimate of drug-likeness (QED) is 0.569. The zero-order valence-electron chi connectivity index (χ0n) is 9.91. The number of hydrogen-bond acceptors (Lipinski definition) is 2. The molecule has 0 saturated carbocycles. The Labute approximate surface area is 96.2 Å². The van der Waals surface area contributed by atoms with E-state index < -0.39 is 0 Å². The molecule has 2 heteroatoms. The Morgan fingerprint density at radius 2 is 2.06 bits per heavy atom. The van der Waals surface area contributed by atoms with Gasteiger partial charge < -0.3 is 4.74 Å². The second kappa shape index (κ2) is 5.31. The van der Waals surface area contributed by atoms with E-state index in [-0.39, 0.29) is 5.78 Å². The lowest BCUT2D eigenvalue weighted by molar-refractivity contribution is 0.101. The number of Topliss-reactive ketones (excluding diaryl/α,β-unsaturated/α-hetero) is 1. The number of methoxy groups -OCH3 is 1. The normalized spacial score (nSPS) is 10.4. The number of benzene rings is 1. The maximum atomic E-state index is 11.3. The first-order valence-electron chi connectivity index (χ1n) is 5.07. The molecule has 0 saturated heterocycles. The van der Waals surface area contributed by atoms with Crippen LogP contribution in [0.25, 0.3) is 6.08 Å². The highest BCUT2D eigenvalue weighted by atomic mass is 16.5. The Kier molecular flexibility index (Phi) is 4.06. The third-order valence-electron chi connectivity index (χ3n) is 2.18. The molecule has 0 N–H and O–H groups in total. The standard InChI is InChI=1S/C14H16O2/c1-10(2)5-6-13-9-12(11(3)15)7-8-14(13)16-4/h5-9H,1H2,2-4H3. The van der Waals surface area contributed by atoms with Gasteiger partial charge in [0.1, 0.15) is 5.75 Å². The van der Waals surface area contributed by atoms with Crippen LogP contribution in [0.15, 0.2) is 36.4 Å². The van der Waals surface area contributed by atoms with Crippen LogP contribution in [0.1, 0.15) is 29.8 Å². The summed E-state index contributed by atoms with van der Waals surface area (Å²) in [4.78, 5) is 11.3. The third-order valence-corrected chi connectivity index (χ3v) is 2.18. The largest absolute Gasteiger partial charge is 0.496 e. The molecule has 0 radical (unpaired) electrons. The van der Waals surface area contributed by atoms with Gasteiger partial charge in [0.25, 0.3) is 0 Å². The Hall–Kier alpha value is -1.83. The van der Waals surface area contributed by atoms with Gasteiger partial charge in [-0.05, 0) is 32.0 Å². The molecule has 1 rings (SSSR count). The molecule has 0 aliphatic rings. The molecule has 0 aliphatic heterocycles. The van der Waals surface area contributed by atoms with Crippen LogP contribution in [-0.4, -0.2) is 12.9 Å². The summed E-state index contributed by atoms with van der Waals surface area (Å²) < 4.78 is 5.22. The predicted molar refractivity (Wildman–Crippen MR) is 66.8 cm³/mol. The number of carbonyl (C=O) groups excluding carboxylic acids is 1. The van der Waals surface area contributed by atoms with E-state index >= 15 is 0 Å². The number of carbonyl (C=O) groups is 1. The van der Waals surface area contributed by atoms with Crippen molar-refractivity contribution in [2.75, 3.05) is 7.11 Å². The lowest BCUT2D eigenvalue weighted by Crippen LogP contribution is -1.94. The Balaban J connectivity index is 3.16. The molecule has 1 aromatic carbocycles. The third kappa shape index (κ3) is 3.09. The van der Waals surface area contributed by atoms with Gasteiger partial charge in [0.05, 0.1) is 7.11 Å². The van der Waals surface area contributed by atoms with Crippen LogP contribution in [0.5, 0.6) is 5.75 Å². The van der Waals surface area contributed by atoms with E-state index in [9.17, 15) is 4.79 Å². The molecule has 2 nitrogen and oxygen atoms in total. The van der Waals surface area contributed by atoms with Crippen molar-refractivity contribution in [3.05, 3.63) is 47.6 Å². The molecule has 1 aromatic rings. The van der Waals surface area contributed by atoms with Gasteiger partial charge in [-0.2, -0.15) is 0 Å². The number of rotatable bonds is 4. The topological polar surface area (TPSA) is 26.3 Å². The minimum Gasteiger partial charge on any atom is -0.496 e. The molecule has 0 spiro atoms. The highest BCUT2D eigenvalue weighted by Gasteiger charge is 2.04. The van der Waals surface area contributed by atoms with Gasteiger partial charge in [0, 0.05) is 11.1 Å². The average Bonchev–Trinajstić information content (AvgIpc) is 2.25. The minimum atomic E-state index is 0.0487. The summed E-state index contributed by atoms with van der Waals surface area (Å²) in [6, 6.07) is 5.38. The van der Waals surface area contributed by atoms with E-state index in [0.717, 1.165) is 16.9 Å². The van der Waals surface area contributed by atoms with Gasteiger partial charge in [-0.15, -0.1) is 0 Å². The Morgan fingerprint density at radius 1 is 1.38 bits per heavy atom. The predicted octanol–water partition coefficient (Wildman–Crippen LogP) is 3.49. The molecule has 84 valence electrons. The van der Waals surface area contributed by atoms with Gasteiger partial charge in [-0.25, -0.2) is 0 Å². The van der Waals surface area contributed by atoms with Crippen LogP contribution >= 0.6 is 0 Å². The molecule has 0 heterocycles. The number of ether oxygens (including phenoxy) is 1. The first-order chi connectivity index (χ1) is 7.54. The maximum Gasteiger partial charge on any atom is 0.159 e. The molecule has 16 heavy (non-hydrogen) atoms. The molecular formula is C14H16O2. The number of allylic oxidation sites excluding steroid dienone is 2. The molecule has 0 atom stereocenters. The smallest absolute Gasteiger partial charge is 0.159 e. The summed E-state index contributed by atoms with van der Waals surface area (Å²) in [5, 5.41) is 0. The molecule has 0 amide bonds. The van der Waals surface area contributed by atoms with Crippen LogP contribution in [0.2, 0.25) is 0 Å². The second-order valence-electron chi connectivity index (χ2n) is 3.69. The summed E-state index contributed by atoms with van der Waals surface area (Å²) in [6.07, 6.45) is 3.79. The zero-order valence-corrected chi connectivity index (χ0v) is 9.91. The monoisotopic (exact) mass is 216 g/mol. The van der Waals surface area contributed by atoms with E-state index in [1.54, 1.807) is 26.2 Å². The fourth-order valence-corrected chi connectivity index (χ4v) is 1.32. The first-order valence-corrected chi connectivity index (χ1v) is 5.07. The SMILES string of the molecule is C=C(C)C=Cc1cc(C(C)=O)ccc1OC. The summed E-state index contributed by atoms with van der Waals surface area (Å²) in [7, 11) is 1.61. The average molecular weight is 216 g/mol. The van der Waals surface area contributed by atoms with Crippen molar-refractivity contribution in [1.82, 2.24) is 0 Å². The lowest BCUT2D eigenvalue weighted by Gasteiger charge is -2.06. The van der Waals surface area contributed by atoms with Crippen molar-refractivity contribution in [3.8, 4) is 5.75 Å². The number of hydrogen-bond donors (Lipinski definition) is 0. The van der Waals surface area contributed by atoms with E-state index in [1.807, 2.05) is 25.1 Å². The van der Waals surface area contributed by atoms with Crippen LogP contribution in [0.4, 0.5) is 0 Å². The van der Waals surface area contributed by atoms with Gasteiger partial charge in [-0.1, -0.05) is 24.3 Å². The molecule has 0 bridgehead atoms. The fraction of sp³-hybridized carbons (Fsp3) is 0.214. The molecule has 0 fully saturated rings. The summed E-state index contributed by atoms with van der Waals surface area (Å²) in [5.74, 6) is 0.801.